The summed E-state index contributed by atoms with van der Waals surface area (Å²) in [6.07, 6.45) is 2.55. The van der Waals surface area contributed by atoms with Crippen molar-refractivity contribution in [1.29, 1.82) is 0 Å². The Balaban J connectivity index is 2.53. The van der Waals surface area contributed by atoms with Crippen molar-refractivity contribution in [3.05, 3.63) is 35.9 Å². The third-order valence-electron chi connectivity index (χ3n) is 3.54. The van der Waals surface area contributed by atoms with Gasteiger partial charge in [0.15, 0.2) is 0 Å². The molecule has 0 saturated heterocycles. The van der Waals surface area contributed by atoms with E-state index in [1.54, 1.807) is 6.92 Å². The van der Waals surface area contributed by atoms with Crippen LogP contribution in [0.5, 0.6) is 0 Å². The zero-order valence-corrected chi connectivity index (χ0v) is 13.2. The predicted octanol–water partition coefficient (Wildman–Crippen LogP) is 2.89. The first-order valence-electron chi connectivity index (χ1n) is 7.38. The van der Waals surface area contributed by atoms with E-state index in [-0.39, 0.29) is 11.3 Å². The van der Waals surface area contributed by atoms with Crippen LogP contribution in [0, 0.1) is 5.41 Å². The number of nitrogens with one attached hydrogen (secondary N) is 1. The van der Waals surface area contributed by atoms with Crippen LogP contribution in [0.3, 0.4) is 0 Å². The molecule has 0 aliphatic heterocycles. The summed E-state index contributed by atoms with van der Waals surface area (Å²) in [5.74, 6) is -0.0551. The van der Waals surface area contributed by atoms with Crippen LogP contribution in [0.25, 0.3) is 0 Å². The van der Waals surface area contributed by atoms with Crippen LogP contribution in [0.15, 0.2) is 30.3 Å². The summed E-state index contributed by atoms with van der Waals surface area (Å²) in [7, 11) is 0. The summed E-state index contributed by atoms with van der Waals surface area (Å²) in [6, 6.07) is 10.3. The molecular formula is C17H28N2O. The van der Waals surface area contributed by atoms with Crippen LogP contribution in [0.2, 0.25) is 0 Å². The first-order chi connectivity index (χ1) is 9.27. The summed E-state index contributed by atoms with van der Waals surface area (Å²) < 4.78 is 0. The van der Waals surface area contributed by atoms with Gasteiger partial charge in [-0.05, 0) is 30.7 Å². The van der Waals surface area contributed by atoms with E-state index >= 15 is 0 Å². The average Bonchev–Trinajstić information content (AvgIpc) is 2.36. The van der Waals surface area contributed by atoms with Crippen molar-refractivity contribution in [2.75, 3.05) is 6.54 Å². The molecule has 1 unspecified atom stereocenters. The monoisotopic (exact) mass is 276 g/mol. The fourth-order valence-corrected chi connectivity index (χ4v) is 2.37. The SMILES string of the molecule is CCCC(C)(N)C(=O)NCC(C)(C)Cc1ccccc1. The second-order valence-electron chi connectivity index (χ2n) is 6.68. The van der Waals surface area contributed by atoms with E-state index in [1.807, 2.05) is 25.1 Å². The number of amides is 1. The van der Waals surface area contributed by atoms with E-state index in [0.29, 0.717) is 13.0 Å². The van der Waals surface area contributed by atoms with Crippen LogP contribution >= 0.6 is 0 Å². The first kappa shape index (κ1) is 16.7. The van der Waals surface area contributed by atoms with Crippen LogP contribution in [-0.4, -0.2) is 18.0 Å². The lowest BCUT2D eigenvalue weighted by Gasteiger charge is -2.29. The topological polar surface area (TPSA) is 55.1 Å². The number of hydrogen-bond donors (Lipinski definition) is 2. The number of carbonyl (C=O) groups excluding carboxylic acids is 1. The molecule has 0 saturated carbocycles. The van der Waals surface area contributed by atoms with E-state index < -0.39 is 5.54 Å². The molecule has 112 valence electrons. The lowest BCUT2D eigenvalue weighted by molar-refractivity contribution is -0.126. The number of hydrogen-bond acceptors (Lipinski definition) is 2. The van der Waals surface area contributed by atoms with Crippen LogP contribution in [0.4, 0.5) is 0 Å². The average molecular weight is 276 g/mol. The fraction of sp³-hybridized carbons (Fsp3) is 0.588. The maximum absolute atomic E-state index is 12.1. The second-order valence-corrected chi connectivity index (χ2v) is 6.68. The molecule has 0 aliphatic carbocycles. The lowest BCUT2D eigenvalue weighted by atomic mass is 9.85. The van der Waals surface area contributed by atoms with E-state index in [2.05, 4.69) is 31.3 Å². The predicted molar refractivity (Wildman–Crippen MR) is 84.4 cm³/mol. The highest BCUT2D eigenvalue weighted by atomic mass is 16.2. The molecule has 0 spiro atoms. The van der Waals surface area contributed by atoms with E-state index in [4.69, 9.17) is 5.73 Å². The smallest absolute Gasteiger partial charge is 0.239 e. The molecular weight excluding hydrogens is 248 g/mol. The zero-order valence-electron chi connectivity index (χ0n) is 13.2. The molecule has 1 rings (SSSR count). The molecule has 3 N–H and O–H groups in total. The molecule has 0 fully saturated rings. The molecule has 1 atom stereocenters. The first-order valence-corrected chi connectivity index (χ1v) is 7.38. The van der Waals surface area contributed by atoms with Crippen molar-refractivity contribution in [3.8, 4) is 0 Å². The molecule has 3 heteroatoms. The van der Waals surface area contributed by atoms with Gasteiger partial charge in [-0.3, -0.25) is 4.79 Å². The molecule has 1 amide bonds. The second kappa shape index (κ2) is 6.89. The molecule has 1 aromatic rings. The van der Waals surface area contributed by atoms with Gasteiger partial charge in [-0.15, -0.1) is 0 Å². The number of benzene rings is 1. The lowest BCUT2D eigenvalue weighted by Crippen LogP contribution is -2.53. The number of nitrogens with two attached hydrogens (primary N) is 1. The van der Waals surface area contributed by atoms with Crippen molar-refractivity contribution in [2.24, 2.45) is 11.1 Å². The highest BCUT2D eigenvalue weighted by Gasteiger charge is 2.28. The molecule has 0 bridgehead atoms. The molecule has 20 heavy (non-hydrogen) atoms. The summed E-state index contributed by atoms with van der Waals surface area (Å²) in [5, 5.41) is 3.00. The summed E-state index contributed by atoms with van der Waals surface area (Å²) in [6.45, 7) is 8.80. The number of rotatable bonds is 7. The quantitative estimate of drug-likeness (QED) is 0.804. The Bertz CT molecular complexity index is 424. The highest BCUT2D eigenvalue weighted by molar-refractivity contribution is 5.85. The third kappa shape index (κ3) is 5.33. The summed E-state index contributed by atoms with van der Waals surface area (Å²) >= 11 is 0. The Morgan fingerprint density at radius 3 is 2.35 bits per heavy atom. The van der Waals surface area contributed by atoms with Gasteiger partial charge in [0, 0.05) is 6.54 Å². The molecule has 0 aromatic heterocycles. The van der Waals surface area contributed by atoms with Crippen molar-refractivity contribution in [2.45, 2.75) is 52.5 Å². The Morgan fingerprint density at radius 1 is 1.20 bits per heavy atom. The molecule has 0 radical (unpaired) electrons. The molecule has 0 aliphatic rings. The van der Waals surface area contributed by atoms with Crippen molar-refractivity contribution in [1.82, 2.24) is 5.32 Å². The van der Waals surface area contributed by atoms with Crippen molar-refractivity contribution < 1.29 is 4.79 Å². The minimum absolute atomic E-state index is 0.0132. The zero-order chi connectivity index (χ0) is 15.2. The van der Waals surface area contributed by atoms with Gasteiger partial charge in [-0.2, -0.15) is 0 Å². The standard InChI is InChI=1S/C17H28N2O/c1-5-11-17(4,18)15(20)19-13-16(2,3)12-14-9-7-6-8-10-14/h6-10H,5,11-13,18H2,1-4H3,(H,19,20). The molecule has 0 heterocycles. The fourth-order valence-electron chi connectivity index (χ4n) is 2.37. The van der Waals surface area contributed by atoms with Gasteiger partial charge in [0.25, 0.3) is 0 Å². The molecule has 1 aromatic carbocycles. The van der Waals surface area contributed by atoms with Gasteiger partial charge in [-0.25, -0.2) is 0 Å². The van der Waals surface area contributed by atoms with Gasteiger partial charge in [0.2, 0.25) is 5.91 Å². The number of carbonyl (C=O) groups is 1. The van der Waals surface area contributed by atoms with E-state index in [1.165, 1.54) is 5.56 Å². The largest absolute Gasteiger partial charge is 0.354 e. The Morgan fingerprint density at radius 2 is 1.80 bits per heavy atom. The Labute approximate surface area is 122 Å². The normalized spacial score (nSPS) is 14.7. The highest BCUT2D eigenvalue weighted by Crippen LogP contribution is 2.21. The van der Waals surface area contributed by atoms with Crippen LogP contribution < -0.4 is 11.1 Å². The van der Waals surface area contributed by atoms with Crippen LogP contribution in [-0.2, 0) is 11.2 Å². The Kier molecular flexibility index (Phi) is 5.75. The minimum Gasteiger partial charge on any atom is -0.354 e. The minimum atomic E-state index is -0.766. The van der Waals surface area contributed by atoms with Gasteiger partial charge in [-0.1, -0.05) is 57.5 Å². The van der Waals surface area contributed by atoms with Gasteiger partial charge in [0.1, 0.15) is 0 Å². The van der Waals surface area contributed by atoms with Crippen molar-refractivity contribution in [3.63, 3.8) is 0 Å². The van der Waals surface area contributed by atoms with E-state index in [9.17, 15) is 4.79 Å². The summed E-state index contributed by atoms with van der Waals surface area (Å²) in [5.41, 5.74) is 6.58. The van der Waals surface area contributed by atoms with E-state index in [0.717, 1.165) is 12.8 Å². The van der Waals surface area contributed by atoms with Gasteiger partial charge >= 0.3 is 0 Å². The van der Waals surface area contributed by atoms with Gasteiger partial charge < -0.3 is 11.1 Å². The van der Waals surface area contributed by atoms with Gasteiger partial charge in [0.05, 0.1) is 5.54 Å². The Hall–Kier alpha value is -1.35. The maximum atomic E-state index is 12.1. The summed E-state index contributed by atoms with van der Waals surface area (Å²) in [4.78, 5) is 12.1. The third-order valence-corrected chi connectivity index (χ3v) is 3.54. The molecule has 3 nitrogen and oxygen atoms in total. The van der Waals surface area contributed by atoms with Crippen molar-refractivity contribution >= 4 is 5.91 Å². The maximum Gasteiger partial charge on any atom is 0.239 e. The van der Waals surface area contributed by atoms with Crippen LogP contribution in [0.1, 0.15) is 46.1 Å².